The zero-order valence-corrected chi connectivity index (χ0v) is 14.0. The Kier molecular flexibility index (Phi) is 5.49. The highest BCUT2D eigenvalue weighted by Gasteiger charge is 2.30. The van der Waals surface area contributed by atoms with Crippen LogP contribution in [0.5, 0.6) is 0 Å². The Morgan fingerprint density at radius 1 is 1.00 bits per heavy atom. The molecule has 1 aliphatic heterocycles. The van der Waals surface area contributed by atoms with Gasteiger partial charge in [-0.05, 0) is 50.9 Å². The molecule has 1 N–H and O–H groups in total. The van der Waals surface area contributed by atoms with Gasteiger partial charge in [0.1, 0.15) is 0 Å². The topological polar surface area (TPSA) is 49.4 Å². The first-order valence-corrected chi connectivity index (χ1v) is 9.77. The van der Waals surface area contributed by atoms with Gasteiger partial charge < -0.3 is 5.32 Å². The van der Waals surface area contributed by atoms with E-state index >= 15 is 0 Å². The summed E-state index contributed by atoms with van der Waals surface area (Å²) in [4.78, 5) is 0. The lowest BCUT2D eigenvalue weighted by Gasteiger charge is -2.38. The Morgan fingerprint density at radius 2 is 1.65 bits per heavy atom. The average molecular weight is 302 g/mol. The maximum absolute atomic E-state index is 11.8. The van der Waals surface area contributed by atoms with Gasteiger partial charge in [-0.1, -0.05) is 13.8 Å². The summed E-state index contributed by atoms with van der Waals surface area (Å²) >= 11 is 0. The predicted octanol–water partition coefficient (Wildman–Crippen LogP) is 2.21. The van der Waals surface area contributed by atoms with Gasteiger partial charge in [0.05, 0.1) is 5.75 Å². The van der Waals surface area contributed by atoms with E-state index in [2.05, 4.69) is 19.2 Å². The molecule has 2 fully saturated rings. The first-order valence-electron chi connectivity index (χ1n) is 8.16. The fraction of sp³-hybridized carbons (Fsp3) is 1.00. The lowest BCUT2D eigenvalue weighted by molar-refractivity contribution is 0.195. The van der Waals surface area contributed by atoms with E-state index in [9.17, 15) is 8.42 Å². The Bertz CT molecular complexity index is 402. The van der Waals surface area contributed by atoms with E-state index < -0.39 is 10.0 Å². The van der Waals surface area contributed by atoms with Crippen molar-refractivity contribution in [3.8, 4) is 0 Å². The molecule has 2 rings (SSSR count). The van der Waals surface area contributed by atoms with Crippen LogP contribution in [0.1, 0.15) is 52.9 Å². The molecule has 3 unspecified atom stereocenters. The monoisotopic (exact) mass is 302 g/mol. The predicted molar refractivity (Wildman–Crippen MR) is 83.2 cm³/mol. The van der Waals surface area contributed by atoms with Gasteiger partial charge in [0.2, 0.25) is 10.0 Å². The number of piperidine rings is 1. The number of nitrogens with zero attached hydrogens (tertiary/aromatic N) is 1. The van der Waals surface area contributed by atoms with Crippen LogP contribution in [-0.2, 0) is 10.0 Å². The van der Waals surface area contributed by atoms with Gasteiger partial charge in [0.15, 0.2) is 0 Å². The van der Waals surface area contributed by atoms with Crippen LogP contribution >= 0.6 is 0 Å². The summed E-state index contributed by atoms with van der Waals surface area (Å²) in [5.74, 6) is 1.88. The van der Waals surface area contributed by atoms with Crippen LogP contribution in [-0.4, -0.2) is 43.6 Å². The first kappa shape index (κ1) is 16.2. The van der Waals surface area contributed by atoms with Crippen molar-refractivity contribution in [2.24, 2.45) is 11.8 Å². The average Bonchev–Trinajstić information content (AvgIpc) is 2.43. The number of hydrogen-bond donors (Lipinski definition) is 1. The Labute approximate surface area is 124 Å². The summed E-state index contributed by atoms with van der Waals surface area (Å²) < 4.78 is 25.3. The third kappa shape index (κ3) is 3.95. The second kappa shape index (κ2) is 6.75. The van der Waals surface area contributed by atoms with Crippen LogP contribution in [0.3, 0.4) is 0 Å². The van der Waals surface area contributed by atoms with Crippen molar-refractivity contribution in [2.75, 3.05) is 18.8 Å². The minimum Gasteiger partial charge on any atom is -0.311 e. The van der Waals surface area contributed by atoms with E-state index in [1.54, 1.807) is 11.2 Å². The highest BCUT2D eigenvalue weighted by molar-refractivity contribution is 7.89. The summed E-state index contributed by atoms with van der Waals surface area (Å²) in [7, 11) is -2.99. The van der Waals surface area contributed by atoms with Crippen LogP contribution in [0.4, 0.5) is 0 Å². The molecule has 0 amide bonds. The highest BCUT2D eigenvalue weighted by Crippen LogP contribution is 2.30. The molecule has 0 aromatic rings. The molecule has 0 spiro atoms. The van der Waals surface area contributed by atoms with Crippen molar-refractivity contribution in [1.29, 1.82) is 0 Å². The molecule has 118 valence electrons. The number of hydrogen-bond acceptors (Lipinski definition) is 3. The van der Waals surface area contributed by atoms with E-state index in [-0.39, 0.29) is 5.75 Å². The number of nitrogens with one attached hydrogen (secondary N) is 1. The van der Waals surface area contributed by atoms with Gasteiger partial charge in [-0.15, -0.1) is 0 Å². The molecular weight excluding hydrogens is 272 g/mol. The molecule has 5 heteroatoms. The van der Waals surface area contributed by atoms with Crippen LogP contribution < -0.4 is 5.32 Å². The number of rotatable bonds is 4. The van der Waals surface area contributed by atoms with Crippen LogP contribution in [0.25, 0.3) is 0 Å². The smallest absolute Gasteiger partial charge is 0.213 e. The third-order valence-corrected chi connectivity index (χ3v) is 7.16. The van der Waals surface area contributed by atoms with Crippen molar-refractivity contribution >= 4 is 10.0 Å². The molecular formula is C15H30N2O2S. The summed E-state index contributed by atoms with van der Waals surface area (Å²) in [6.07, 6.45) is 5.79. The van der Waals surface area contributed by atoms with Gasteiger partial charge in [-0.3, -0.25) is 0 Å². The van der Waals surface area contributed by atoms with Crippen molar-refractivity contribution in [1.82, 2.24) is 9.62 Å². The van der Waals surface area contributed by atoms with Gasteiger partial charge in [0, 0.05) is 25.2 Å². The van der Waals surface area contributed by atoms with Gasteiger partial charge in [0.25, 0.3) is 0 Å². The van der Waals surface area contributed by atoms with E-state index in [0.717, 1.165) is 24.7 Å². The molecule has 1 saturated carbocycles. The standard InChI is InChI=1S/C15H30N2O2S/c1-4-20(18,19)17-9-7-14(8-10-17)16-15-6-5-12(2)13(3)11-15/h12-16H,4-11H2,1-3H3. The van der Waals surface area contributed by atoms with E-state index in [0.29, 0.717) is 25.2 Å². The van der Waals surface area contributed by atoms with Crippen molar-refractivity contribution < 1.29 is 8.42 Å². The second-order valence-corrected chi connectivity index (χ2v) is 8.96. The minimum absolute atomic E-state index is 0.225. The molecule has 3 atom stereocenters. The maximum Gasteiger partial charge on any atom is 0.213 e. The van der Waals surface area contributed by atoms with Gasteiger partial charge >= 0.3 is 0 Å². The van der Waals surface area contributed by atoms with Crippen LogP contribution in [0.15, 0.2) is 0 Å². The minimum atomic E-state index is -2.99. The SMILES string of the molecule is CCS(=O)(=O)N1CCC(NC2CCC(C)C(C)C2)CC1. The Hall–Kier alpha value is -0.130. The molecule has 1 aliphatic carbocycles. The zero-order valence-electron chi connectivity index (χ0n) is 13.1. The molecule has 0 aromatic heterocycles. The van der Waals surface area contributed by atoms with E-state index in [1.165, 1.54) is 19.3 Å². The quantitative estimate of drug-likeness (QED) is 0.866. The molecule has 4 nitrogen and oxygen atoms in total. The molecule has 0 radical (unpaired) electrons. The molecule has 0 aromatic carbocycles. The Balaban J connectivity index is 1.78. The summed E-state index contributed by atoms with van der Waals surface area (Å²) in [6.45, 7) is 7.81. The van der Waals surface area contributed by atoms with Gasteiger partial charge in [-0.25, -0.2) is 12.7 Å². The first-order chi connectivity index (χ1) is 9.42. The molecule has 0 bridgehead atoms. The zero-order chi connectivity index (χ0) is 14.8. The molecule has 2 aliphatic rings. The van der Waals surface area contributed by atoms with E-state index in [1.807, 2.05) is 0 Å². The normalized spacial score (nSPS) is 34.2. The van der Waals surface area contributed by atoms with E-state index in [4.69, 9.17) is 0 Å². The van der Waals surface area contributed by atoms with Crippen LogP contribution in [0, 0.1) is 11.8 Å². The molecule has 1 saturated heterocycles. The summed E-state index contributed by atoms with van der Waals surface area (Å²) in [6, 6.07) is 1.14. The largest absolute Gasteiger partial charge is 0.311 e. The highest BCUT2D eigenvalue weighted by atomic mass is 32.2. The summed E-state index contributed by atoms with van der Waals surface area (Å²) in [5.41, 5.74) is 0. The maximum atomic E-state index is 11.8. The van der Waals surface area contributed by atoms with Crippen molar-refractivity contribution in [3.63, 3.8) is 0 Å². The second-order valence-electron chi connectivity index (χ2n) is 6.71. The number of sulfonamides is 1. The fourth-order valence-corrected chi connectivity index (χ4v) is 4.65. The van der Waals surface area contributed by atoms with Gasteiger partial charge in [-0.2, -0.15) is 0 Å². The summed E-state index contributed by atoms with van der Waals surface area (Å²) in [5, 5.41) is 3.78. The van der Waals surface area contributed by atoms with Crippen LogP contribution in [0.2, 0.25) is 0 Å². The molecule has 20 heavy (non-hydrogen) atoms. The van der Waals surface area contributed by atoms with Crippen molar-refractivity contribution in [3.05, 3.63) is 0 Å². The Morgan fingerprint density at radius 3 is 2.20 bits per heavy atom. The third-order valence-electron chi connectivity index (χ3n) is 5.28. The van der Waals surface area contributed by atoms with Crippen molar-refractivity contribution in [2.45, 2.75) is 65.0 Å². The lowest BCUT2D eigenvalue weighted by atomic mass is 9.79. The molecule has 1 heterocycles. The lowest BCUT2D eigenvalue weighted by Crippen LogP contribution is -2.49. The fourth-order valence-electron chi connectivity index (χ4n) is 3.52.